The third-order valence-corrected chi connectivity index (χ3v) is 1.21. The van der Waals surface area contributed by atoms with Crippen LogP contribution in [0.4, 0.5) is 0 Å². The van der Waals surface area contributed by atoms with Crippen LogP contribution in [0.2, 0.25) is 0 Å². The smallest absolute Gasteiger partial charge is 0.281 e. The number of carbonyl (C=O) groups excluding carboxylic acids is 1. The molecule has 0 unspecified atom stereocenters. The lowest BCUT2D eigenvalue weighted by Crippen LogP contribution is -2.09. The highest BCUT2D eigenvalue weighted by atomic mass is 16.1. The van der Waals surface area contributed by atoms with Gasteiger partial charge in [0.25, 0.3) is 5.91 Å². The summed E-state index contributed by atoms with van der Waals surface area (Å²) in [5.74, 6) is -0.339. The number of amides is 1. The molecule has 1 heterocycles. The molecule has 1 amide bonds. The van der Waals surface area contributed by atoms with Crippen LogP contribution >= 0.6 is 0 Å². The van der Waals surface area contributed by atoms with Gasteiger partial charge in [0, 0.05) is 26.5 Å². The Kier molecular flexibility index (Phi) is 3.08. The molecule has 5 nitrogen and oxygen atoms in total. The molecule has 0 aliphatic heterocycles. The first-order valence-electron chi connectivity index (χ1n) is 3.70. The topological polar surface area (TPSA) is 58.5 Å². The summed E-state index contributed by atoms with van der Waals surface area (Å²) in [5.41, 5.74) is 0.389. The van der Waals surface area contributed by atoms with Crippen molar-refractivity contribution in [1.29, 1.82) is 0 Å². The summed E-state index contributed by atoms with van der Waals surface area (Å²) in [6, 6.07) is 0. The zero-order valence-electron chi connectivity index (χ0n) is 7.51. The molecule has 0 aliphatic carbocycles. The number of hydrogen-bond donors (Lipinski definition) is 0. The Hall–Kier alpha value is -1.78. The van der Waals surface area contributed by atoms with Crippen molar-refractivity contribution >= 4 is 12.2 Å². The van der Waals surface area contributed by atoms with Gasteiger partial charge < -0.3 is 4.90 Å². The third-order valence-electron chi connectivity index (χ3n) is 1.21. The summed E-state index contributed by atoms with van der Waals surface area (Å²) < 4.78 is 0. The van der Waals surface area contributed by atoms with E-state index < -0.39 is 0 Å². The molecule has 0 saturated carbocycles. The Morgan fingerprint density at radius 3 is 2.62 bits per heavy atom. The van der Waals surface area contributed by atoms with Crippen molar-refractivity contribution in [2.45, 2.75) is 0 Å². The van der Waals surface area contributed by atoms with E-state index in [1.54, 1.807) is 19.0 Å². The molecule has 1 aromatic rings. The normalized spacial score (nSPS) is 10.3. The number of aromatic nitrogens is 2. The van der Waals surface area contributed by atoms with E-state index in [1.807, 2.05) is 0 Å². The van der Waals surface area contributed by atoms with E-state index in [0.29, 0.717) is 5.56 Å². The average molecular weight is 178 g/mol. The van der Waals surface area contributed by atoms with Crippen LogP contribution < -0.4 is 0 Å². The Labute approximate surface area is 76.1 Å². The van der Waals surface area contributed by atoms with Crippen LogP contribution in [-0.4, -0.2) is 41.2 Å². The second kappa shape index (κ2) is 4.30. The van der Waals surface area contributed by atoms with Crippen LogP contribution in [0.15, 0.2) is 23.7 Å². The first kappa shape index (κ1) is 9.31. The van der Waals surface area contributed by atoms with E-state index in [1.165, 1.54) is 25.1 Å². The number of hydrogen-bond acceptors (Lipinski definition) is 3. The Bertz CT molecular complexity index is 307. The molecule has 0 aromatic carbocycles. The Morgan fingerprint density at radius 1 is 1.46 bits per heavy atom. The van der Waals surface area contributed by atoms with Crippen molar-refractivity contribution in [2.75, 3.05) is 14.1 Å². The summed E-state index contributed by atoms with van der Waals surface area (Å²) in [7, 11) is 3.58. The number of carbonyl (C=O) groups is 1. The van der Waals surface area contributed by atoms with Crippen LogP contribution in [0.1, 0.15) is 10.4 Å². The van der Waals surface area contributed by atoms with Crippen LogP contribution in [-0.2, 0) is 0 Å². The molecule has 0 bridgehead atoms. The maximum absolute atomic E-state index is 11.2. The van der Waals surface area contributed by atoms with Crippen molar-refractivity contribution in [3.63, 3.8) is 0 Å². The quantitative estimate of drug-likeness (QED) is 0.479. The van der Waals surface area contributed by atoms with E-state index in [9.17, 15) is 4.79 Å². The standard InChI is InChI=1S/C8H10N4O/c1-12(2)6-11-8(13)7-3-9-5-10-4-7/h3-6H,1-2H3/b11-6+. The van der Waals surface area contributed by atoms with Crippen molar-refractivity contribution in [3.8, 4) is 0 Å². The van der Waals surface area contributed by atoms with Gasteiger partial charge in [0.1, 0.15) is 6.33 Å². The molecule has 5 heteroatoms. The van der Waals surface area contributed by atoms with Crippen LogP contribution in [0.3, 0.4) is 0 Å². The summed E-state index contributed by atoms with van der Waals surface area (Å²) >= 11 is 0. The fourth-order valence-electron chi connectivity index (χ4n) is 0.652. The van der Waals surface area contributed by atoms with E-state index >= 15 is 0 Å². The van der Waals surface area contributed by atoms with Crippen molar-refractivity contribution < 1.29 is 4.79 Å². The summed E-state index contributed by atoms with van der Waals surface area (Å²) in [6.45, 7) is 0. The largest absolute Gasteiger partial charge is 0.369 e. The molecular formula is C8H10N4O. The molecule has 0 aliphatic rings. The first-order chi connectivity index (χ1) is 6.20. The number of aliphatic imine (C=N–C) groups is 1. The summed E-state index contributed by atoms with van der Waals surface area (Å²) in [6.07, 6.45) is 5.67. The number of rotatable bonds is 2. The van der Waals surface area contributed by atoms with Crippen LogP contribution in [0.5, 0.6) is 0 Å². The lowest BCUT2D eigenvalue weighted by atomic mass is 10.3. The molecule has 0 fully saturated rings. The molecule has 1 aromatic heterocycles. The van der Waals surface area contributed by atoms with Crippen molar-refractivity contribution in [3.05, 3.63) is 24.3 Å². The van der Waals surface area contributed by atoms with Crippen molar-refractivity contribution in [2.24, 2.45) is 4.99 Å². The minimum absolute atomic E-state index is 0.339. The summed E-state index contributed by atoms with van der Waals surface area (Å²) in [4.78, 5) is 24.0. The molecule has 0 saturated heterocycles. The first-order valence-corrected chi connectivity index (χ1v) is 3.70. The zero-order valence-corrected chi connectivity index (χ0v) is 7.51. The second-order valence-corrected chi connectivity index (χ2v) is 2.64. The Morgan fingerprint density at radius 2 is 2.08 bits per heavy atom. The van der Waals surface area contributed by atoms with E-state index in [-0.39, 0.29) is 5.91 Å². The third kappa shape index (κ3) is 2.98. The molecule has 1 rings (SSSR count). The lowest BCUT2D eigenvalue weighted by Gasteiger charge is -2.00. The van der Waals surface area contributed by atoms with Crippen molar-refractivity contribution in [1.82, 2.24) is 14.9 Å². The maximum atomic E-state index is 11.2. The predicted molar refractivity (Wildman–Crippen MR) is 48.5 cm³/mol. The zero-order chi connectivity index (χ0) is 9.68. The van der Waals surface area contributed by atoms with E-state index in [0.717, 1.165) is 0 Å². The van der Waals surface area contributed by atoms with Gasteiger partial charge in [-0.15, -0.1) is 0 Å². The van der Waals surface area contributed by atoms with Crippen LogP contribution in [0.25, 0.3) is 0 Å². The molecule has 0 spiro atoms. The second-order valence-electron chi connectivity index (χ2n) is 2.64. The maximum Gasteiger partial charge on any atom is 0.281 e. The molecule has 0 N–H and O–H groups in total. The number of nitrogens with zero attached hydrogens (tertiary/aromatic N) is 4. The van der Waals surface area contributed by atoms with Gasteiger partial charge in [-0.25, -0.2) is 9.97 Å². The van der Waals surface area contributed by atoms with Gasteiger partial charge in [0.15, 0.2) is 0 Å². The molecule has 68 valence electrons. The highest BCUT2D eigenvalue weighted by Gasteiger charge is 2.01. The van der Waals surface area contributed by atoms with E-state index in [2.05, 4.69) is 15.0 Å². The van der Waals surface area contributed by atoms with Gasteiger partial charge in [0.2, 0.25) is 0 Å². The molecule has 13 heavy (non-hydrogen) atoms. The van der Waals surface area contributed by atoms with E-state index in [4.69, 9.17) is 0 Å². The fourth-order valence-corrected chi connectivity index (χ4v) is 0.652. The van der Waals surface area contributed by atoms with Gasteiger partial charge in [-0.3, -0.25) is 4.79 Å². The minimum atomic E-state index is -0.339. The lowest BCUT2D eigenvalue weighted by molar-refractivity contribution is 0.100. The fraction of sp³-hybridized carbons (Fsp3) is 0.250. The van der Waals surface area contributed by atoms with Gasteiger partial charge in [-0.1, -0.05) is 0 Å². The monoisotopic (exact) mass is 178 g/mol. The van der Waals surface area contributed by atoms with Gasteiger partial charge in [-0.05, 0) is 0 Å². The van der Waals surface area contributed by atoms with Crippen LogP contribution in [0, 0.1) is 0 Å². The molecular weight excluding hydrogens is 168 g/mol. The SMILES string of the molecule is CN(C)/C=N/C(=O)c1cncnc1. The average Bonchev–Trinajstić information content (AvgIpc) is 2.15. The molecule has 0 radical (unpaired) electrons. The van der Waals surface area contributed by atoms with Gasteiger partial charge in [0.05, 0.1) is 11.9 Å². The Balaban J connectivity index is 2.70. The minimum Gasteiger partial charge on any atom is -0.369 e. The van der Waals surface area contributed by atoms with Gasteiger partial charge in [-0.2, -0.15) is 4.99 Å². The highest BCUT2D eigenvalue weighted by molar-refractivity contribution is 5.98. The summed E-state index contributed by atoms with van der Waals surface area (Å²) in [5, 5.41) is 0. The molecule has 0 atom stereocenters. The highest BCUT2D eigenvalue weighted by Crippen LogP contribution is 1.95. The predicted octanol–water partition coefficient (Wildman–Crippen LogP) is 0.207. The van der Waals surface area contributed by atoms with Gasteiger partial charge >= 0.3 is 0 Å².